The Morgan fingerprint density at radius 1 is 1.02 bits per heavy atom. The molecular weight excluding hydrogens is 631 g/mol. The molecule has 1 unspecified atom stereocenters. The zero-order valence-corrected chi connectivity index (χ0v) is 27.2. The molecule has 12 nitrogen and oxygen atoms in total. The van der Waals surface area contributed by atoms with Crippen molar-refractivity contribution < 1.29 is 27.5 Å². The number of benzene rings is 3. The normalized spacial score (nSPS) is 14.3. The molecule has 242 valence electrons. The van der Waals surface area contributed by atoms with Gasteiger partial charge in [-0.1, -0.05) is 67.1 Å². The lowest BCUT2D eigenvalue weighted by molar-refractivity contribution is -0.118. The third kappa shape index (κ3) is 9.17. The topological polar surface area (TPSA) is 166 Å². The number of fused-ring (bicyclic) bond motifs is 1. The van der Waals surface area contributed by atoms with E-state index in [2.05, 4.69) is 15.6 Å². The van der Waals surface area contributed by atoms with Crippen molar-refractivity contribution in [2.24, 2.45) is 7.05 Å². The van der Waals surface area contributed by atoms with Crippen molar-refractivity contribution in [2.75, 3.05) is 6.54 Å². The molecule has 46 heavy (non-hydrogen) atoms. The van der Waals surface area contributed by atoms with Crippen LogP contribution in [-0.4, -0.2) is 46.9 Å². The Labute approximate surface area is 271 Å². The van der Waals surface area contributed by atoms with Crippen LogP contribution in [0, 0.1) is 6.92 Å². The van der Waals surface area contributed by atoms with Gasteiger partial charge in [-0.2, -0.15) is 0 Å². The second-order valence-electron chi connectivity index (χ2n) is 10.5. The van der Waals surface area contributed by atoms with Crippen LogP contribution >= 0.6 is 11.8 Å². The van der Waals surface area contributed by atoms with Crippen molar-refractivity contribution in [1.29, 1.82) is 0 Å². The van der Waals surface area contributed by atoms with E-state index in [1.165, 1.54) is 16.7 Å². The molecule has 0 aliphatic carbocycles. The molecule has 1 aliphatic heterocycles. The number of imide groups is 1. The Bertz CT molecular complexity index is 1880. The van der Waals surface area contributed by atoms with E-state index in [0.717, 1.165) is 35.7 Å². The van der Waals surface area contributed by atoms with Crippen LogP contribution in [0.5, 0.6) is 5.75 Å². The number of hydrogen-bond acceptors (Lipinski definition) is 9. The number of unbranched alkanes of at least 4 members (excludes halogenated alkanes) is 1. The number of aryl methyl sites for hydroxylation is 1. The zero-order valence-electron chi connectivity index (χ0n) is 25.6. The van der Waals surface area contributed by atoms with Crippen LogP contribution < -0.4 is 25.7 Å². The van der Waals surface area contributed by atoms with E-state index in [0.29, 0.717) is 35.4 Å². The summed E-state index contributed by atoms with van der Waals surface area (Å²) in [6.07, 6.45) is 2.23. The Balaban J connectivity index is 0.000000232. The van der Waals surface area contributed by atoms with Gasteiger partial charge in [0.25, 0.3) is 20.8 Å². The minimum atomic E-state index is -3.78. The molecule has 0 spiro atoms. The van der Waals surface area contributed by atoms with Crippen molar-refractivity contribution in [1.82, 2.24) is 24.9 Å². The lowest BCUT2D eigenvalue weighted by atomic mass is 10.1. The van der Waals surface area contributed by atoms with Gasteiger partial charge in [-0.05, 0) is 61.7 Å². The lowest BCUT2D eigenvalue weighted by Gasteiger charge is -2.11. The van der Waals surface area contributed by atoms with Gasteiger partial charge >= 0.3 is 6.03 Å². The monoisotopic (exact) mass is 665 g/mol. The molecule has 1 fully saturated rings. The Kier molecular flexibility index (Phi) is 11.6. The molecule has 3 aromatic carbocycles. The number of para-hydroxylation sites is 1. The first kappa shape index (κ1) is 34.2. The number of ether oxygens (including phenoxy) is 1. The molecule has 0 saturated carbocycles. The standard InChI is InChI=1S/C20H17N3O4S.C12H18N2O3S/c1-23-17(21-15-5-3-2-4-14(15)19(23)25)11-27-13-8-6-12(7-9-13)10-16-18(24)22-20(26)28-16;1-3-4-9-13-12(15)14-18(16,17)11-7-5-10(2)6-8-11/h2-9,16H,10-11H2,1H3,(H,22,24,26);5-8H,3-4,9H2,1-2H3,(H2,13,14,15). The van der Waals surface area contributed by atoms with E-state index in [1.54, 1.807) is 43.4 Å². The van der Waals surface area contributed by atoms with Gasteiger partial charge in [-0.15, -0.1) is 0 Å². The molecule has 4 amide bonds. The van der Waals surface area contributed by atoms with E-state index in [1.807, 2.05) is 42.8 Å². The summed E-state index contributed by atoms with van der Waals surface area (Å²) in [5.74, 6) is 0.912. The fourth-order valence-electron chi connectivity index (χ4n) is 4.32. The molecule has 2 heterocycles. The van der Waals surface area contributed by atoms with Gasteiger partial charge in [0.1, 0.15) is 18.2 Å². The summed E-state index contributed by atoms with van der Waals surface area (Å²) in [5.41, 5.74) is 2.43. The van der Waals surface area contributed by atoms with Crippen molar-refractivity contribution in [3.05, 3.63) is 100 Å². The van der Waals surface area contributed by atoms with Gasteiger partial charge < -0.3 is 10.1 Å². The summed E-state index contributed by atoms with van der Waals surface area (Å²) in [6.45, 7) is 4.47. The largest absolute Gasteiger partial charge is 0.486 e. The molecular formula is C32H35N5O7S2. The Morgan fingerprint density at radius 3 is 2.37 bits per heavy atom. The van der Waals surface area contributed by atoms with Gasteiger partial charge in [0.15, 0.2) is 0 Å². The Morgan fingerprint density at radius 2 is 1.72 bits per heavy atom. The van der Waals surface area contributed by atoms with Crippen LogP contribution in [0.4, 0.5) is 9.59 Å². The molecule has 0 radical (unpaired) electrons. The molecule has 1 aromatic heterocycles. The minimum Gasteiger partial charge on any atom is -0.486 e. The highest BCUT2D eigenvalue weighted by atomic mass is 32.2. The number of thioether (sulfide) groups is 1. The van der Waals surface area contributed by atoms with Crippen LogP contribution in [0.2, 0.25) is 0 Å². The molecule has 5 rings (SSSR count). The molecule has 3 N–H and O–H groups in total. The summed E-state index contributed by atoms with van der Waals surface area (Å²) >= 11 is 1.01. The highest BCUT2D eigenvalue weighted by molar-refractivity contribution is 8.15. The third-order valence-electron chi connectivity index (χ3n) is 6.93. The fourth-order valence-corrected chi connectivity index (χ4v) is 6.11. The van der Waals surface area contributed by atoms with E-state index in [4.69, 9.17) is 4.74 Å². The maximum absolute atomic E-state index is 12.4. The van der Waals surface area contributed by atoms with E-state index >= 15 is 0 Å². The number of rotatable bonds is 10. The van der Waals surface area contributed by atoms with Crippen molar-refractivity contribution in [3.63, 3.8) is 0 Å². The number of aromatic nitrogens is 2. The first-order chi connectivity index (χ1) is 22.0. The van der Waals surface area contributed by atoms with E-state index in [-0.39, 0.29) is 28.2 Å². The van der Waals surface area contributed by atoms with Crippen LogP contribution in [0.3, 0.4) is 0 Å². The molecule has 4 aromatic rings. The van der Waals surface area contributed by atoms with Crippen molar-refractivity contribution >= 4 is 49.9 Å². The highest BCUT2D eigenvalue weighted by Gasteiger charge is 2.31. The number of urea groups is 1. The highest BCUT2D eigenvalue weighted by Crippen LogP contribution is 2.24. The summed E-state index contributed by atoms with van der Waals surface area (Å²) in [6, 6.07) is 20.1. The number of carbonyl (C=O) groups is 3. The average Bonchev–Trinajstić information content (AvgIpc) is 3.35. The summed E-state index contributed by atoms with van der Waals surface area (Å²) in [5, 5.41) is 4.66. The summed E-state index contributed by atoms with van der Waals surface area (Å²) in [7, 11) is -2.10. The van der Waals surface area contributed by atoms with Gasteiger partial charge in [-0.25, -0.2) is 22.9 Å². The number of sulfonamides is 1. The van der Waals surface area contributed by atoms with Gasteiger partial charge in [0, 0.05) is 13.6 Å². The number of amides is 4. The molecule has 1 aliphatic rings. The molecule has 1 saturated heterocycles. The second kappa shape index (κ2) is 15.5. The molecule has 14 heteroatoms. The lowest BCUT2D eigenvalue weighted by Crippen LogP contribution is -2.39. The van der Waals surface area contributed by atoms with Gasteiger partial charge in [0.2, 0.25) is 5.91 Å². The maximum Gasteiger partial charge on any atom is 0.328 e. The van der Waals surface area contributed by atoms with Crippen molar-refractivity contribution in [2.45, 2.75) is 49.9 Å². The van der Waals surface area contributed by atoms with Crippen LogP contribution in [0.25, 0.3) is 10.9 Å². The van der Waals surface area contributed by atoms with Gasteiger partial charge in [0.05, 0.1) is 21.0 Å². The smallest absolute Gasteiger partial charge is 0.328 e. The third-order valence-corrected chi connectivity index (χ3v) is 9.26. The predicted molar refractivity (Wildman–Crippen MR) is 176 cm³/mol. The first-order valence-corrected chi connectivity index (χ1v) is 16.9. The number of hydrogen-bond donors (Lipinski definition) is 3. The van der Waals surface area contributed by atoms with Crippen LogP contribution in [0.15, 0.2) is 82.5 Å². The number of nitrogens with one attached hydrogen (secondary N) is 3. The van der Waals surface area contributed by atoms with Crippen LogP contribution in [-0.2, 0) is 34.9 Å². The van der Waals surface area contributed by atoms with E-state index in [9.17, 15) is 27.6 Å². The quantitative estimate of drug-likeness (QED) is 0.211. The average molecular weight is 666 g/mol. The summed E-state index contributed by atoms with van der Waals surface area (Å²) < 4.78 is 32.9. The fraction of sp³-hybridized carbons (Fsp3) is 0.281. The summed E-state index contributed by atoms with van der Waals surface area (Å²) in [4.78, 5) is 51.3. The van der Waals surface area contributed by atoms with Crippen molar-refractivity contribution in [3.8, 4) is 5.75 Å². The molecule has 1 atom stereocenters. The van der Waals surface area contributed by atoms with Gasteiger partial charge in [-0.3, -0.25) is 24.3 Å². The van der Waals surface area contributed by atoms with Crippen LogP contribution in [0.1, 0.15) is 36.7 Å². The second-order valence-corrected chi connectivity index (χ2v) is 13.3. The van der Waals surface area contributed by atoms with E-state index < -0.39 is 21.3 Å². The SMILES string of the molecule is CCCCNC(=O)NS(=O)(=O)c1ccc(C)cc1.Cn1c(COc2ccc(CC3SC(=O)NC3=O)cc2)nc2ccccc2c1=O. The first-order valence-electron chi connectivity index (χ1n) is 14.5. The molecule has 0 bridgehead atoms. The zero-order chi connectivity index (χ0) is 33.3. The number of carbonyl (C=O) groups excluding carboxylic acids is 3. The number of nitrogens with zero attached hydrogens (tertiary/aromatic N) is 2. The Hall–Kier alpha value is -4.69. The predicted octanol–water partition coefficient (Wildman–Crippen LogP) is 4.19. The minimum absolute atomic E-state index is 0.0822. The maximum atomic E-state index is 12.4.